The molecule has 0 spiro atoms. The van der Waals surface area contributed by atoms with Gasteiger partial charge in [-0.25, -0.2) is 0 Å². The van der Waals surface area contributed by atoms with Crippen LogP contribution in [0, 0.1) is 5.92 Å². The molecule has 1 fully saturated rings. The summed E-state index contributed by atoms with van der Waals surface area (Å²) >= 11 is 0. The lowest BCUT2D eigenvalue weighted by molar-refractivity contribution is -0.140. The van der Waals surface area contributed by atoms with E-state index < -0.39 is 0 Å². The number of fused-ring (bicyclic) bond motifs is 1. The van der Waals surface area contributed by atoms with Gasteiger partial charge in [-0.05, 0) is 25.8 Å². The van der Waals surface area contributed by atoms with Gasteiger partial charge in [-0.15, -0.1) is 0 Å². The van der Waals surface area contributed by atoms with Crippen molar-refractivity contribution in [3.8, 4) is 0 Å². The second-order valence-corrected chi connectivity index (χ2v) is 3.47. The third-order valence-electron chi connectivity index (χ3n) is 2.52. The van der Waals surface area contributed by atoms with E-state index in [-0.39, 0.29) is 12.1 Å². The molecule has 0 radical (unpaired) electrons. The molecule has 2 heteroatoms. The quantitative estimate of drug-likeness (QED) is 0.390. The Morgan fingerprint density at radius 1 is 1.64 bits per heavy atom. The van der Waals surface area contributed by atoms with Crippen molar-refractivity contribution in [1.82, 2.24) is 0 Å². The van der Waals surface area contributed by atoms with Crippen molar-refractivity contribution in [3.05, 3.63) is 11.6 Å². The van der Waals surface area contributed by atoms with Crippen molar-refractivity contribution in [2.24, 2.45) is 5.92 Å². The summed E-state index contributed by atoms with van der Waals surface area (Å²) in [5, 5.41) is 0. The minimum absolute atomic E-state index is 0.0223. The van der Waals surface area contributed by atoms with E-state index in [0.29, 0.717) is 12.3 Å². The van der Waals surface area contributed by atoms with Gasteiger partial charge in [0.15, 0.2) is 0 Å². The van der Waals surface area contributed by atoms with Crippen molar-refractivity contribution in [1.29, 1.82) is 0 Å². The van der Waals surface area contributed by atoms with Crippen LogP contribution in [0.3, 0.4) is 0 Å². The number of ether oxygens (including phenoxy) is 1. The number of hydrogen-bond donors (Lipinski definition) is 0. The summed E-state index contributed by atoms with van der Waals surface area (Å²) in [6.07, 6.45) is 5.10. The van der Waals surface area contributed by atoms with Crippen LogP contribution in [0.25, 0.3) is 0 Å². The second kappa shape index (κ2) is 2.36. The van der Waals surface area contributed by atoms with Crippen LogP contribution in [0.1, 0.15) is 26.2 Å². The molecule has 0 amide bonds. The predicted octanol–water partition coefficient (Wildman–Crippen LogP) is 1.66. The maximum Gasteiger partial charge on any atom is 0.306 e. The molecular formula is C9H12O2. The lowest BCUT2D eigenvalue weighted by atomic mass is 9.87. The maximum absolute atomic E-state index is 10.9. The number of esters is 1. The molecule has 0 aromatic heterocycles. The first kappa shape index (κ1) is 6.89. The number of carbonyl (C=O) groups is 1. The smallest absolute Gasteiger partial charge is 0.306 e. The van der Waals surface area contributed by atoms with Crippen LogP contribution < -0.4 is 0 Å². The molecule has 0 aromatic rings. The van der Waals surface area contributed by atoms with Gasteiger partial charge in [-0.1, -0.05) is 5.57 Å². The number of carbonyl (C=O) groups excluding carboxylic acids is 1. The van der Waals surface area contributed by atoms with Crippen molar-refractivity contribution >= 4 is 5.97 Å². The van der Waals surface area contributed by atoms with Gasteiger partial charge in [0.1, 0.15) is 6.10 Å². The first-order chi connectivity index (χ1) is 5.25. The molecule has 1 aliphatic heterocycles. The number of hydrogen-bond acceptors (Lipinski definition) is 2. The fourth-order valence-electron chi connectivity index (χ4n) is 1.84. The molecular weight excluding hydrogens is 140 g/mol. The van der Waals surface area contributed by atoms with E-state index in [1.165, 1.54) is 5.57 Å². The molecule has 2 nitrogen and oxygen atoms in total. The van der Waals surface area contributed by atoms with Crippen molar-refractivity contribution < 1.29 is 9.53 Å². The average molecular weight is 152 g/mol. The molecule has 0 N–H and O–H groups in total. The Bertz CT molecular complexity index is 218. The third kappa shape index (κ3) is 1.17. The van der Waals surface area contributed by atoms with E-state index in [9.17, 15) is 4.79 Å². The van der Waals surface area contributed by atoms with Crippen LogP contribution in [-0.4, -0.2) is 12.1 Å². The highest BCUT2D eigenvalue weighted by Gasteiger charge is 2.34. The van der Waals surface area contributed by atoms with Crippen molar-refractivity contribution in [2.75, 3.05) is 0 Å². The molecule has 1 saturated heterocycles. The monoisotopic (exact) mass is 152 g/mol. The van der Waals surface area contributed by atoms with E-state index in [2.05, 4.69) is 13.0 Å². The lowest BCUT2D eigenvalue weighted by Gasteiger charge is -2.19. The van der Waals surface area contributed by atoms with Crippen LogP contribution in [-0.2, 0) is 9.53 Å². The summed E-state index contributed by atoms with van der Waals surface area (Å²) in [7, 11) is 0. The van der Waals surface area contributed by atoms with Gasteiger partial charge in [0.05, 0.1) is 6.42 Å². The third-order valence-corrected chi connectivity index (χ3v) is 2.52. The van der Waals surface area contributed by atoms with Gasteiger partial charge in [0.25, 0.3) is 0 Å². The van der Waals surface area contributed by atoms with Crippen LogP contribution in [0.15, 0.2) is 11.6 Å². The van der Waals surface area contributed by atoms with Gasteiger partial charge in [-0.3, -0.25) is 4.79 Å². The molecule has 0 bridgehead atoms. The number of allylic oxidation sites excluding steroid dienone is 1. The highest BCUT2D eigenvalue weighted by atomic mass is 16.5. The molecule has 11 heavy (non-hydrogen) atoms. The lowest BCUT2D eigenvalue weighted by Crippen LogP contribution is -2.17. The Labute approximate surface area is 66.2 Å². The molecule has 2 atom stereocenters. The SMILES string of the molecule is CC1=C[C@H]2OC(=O)CC2CC1. The van der Waals surface area contributed by atoms with E-state index in [0.717, 1.165) is 12.8 Å². The first-order valence-electron chi connectivity index (χ1n) is 4.12. The molecule has 0 saturated carbocycles. The minimum Gasteiger partial charge on any atom is -0.458 e. The summed E-state index contributed by atoms with van der Waals surface area (Å²) in [6, 6.07) is 0. The fourth-order valence-corrected chi connectivity index (χ4v) is 1.84. The van der Waals surface area contributed by atoms with E-state index in [1.807, 2.05) is 0 Å². The zero-order valence-electron chi connectivity index (χ0n) is 6.67. The topological polar surface area (TPSA) is 26.3 Å². The predicted molar refractivity (Wildman–Crippen MR) is 41.0 cm³/mol. The molecule has 1 unspecified atom stereocenters. The fraction of sp³-hybridized carbons (Fsp3) is 0.667. The van der Waals surface area contributed by atoms with E-state index in [1.54, 1.807) is 0 Å². The molecule has 60 valence electrons. The van der Waals surface area contributed by atoms with Crippen molar-refractivity contribution in [2.45, 2.75) is 32.3 Å². The van der Waals surface area contributed by atoms with Crippen molar-refractivity contribution in [3.63, 3.8) is 0 Å². The normalized spacial score (nSPS) is 36.1. The second-order valence-electron chi connectivity index (χ2n) is 3.47. The molecule has 2 rings (SSSR count). The zero-order chi connectivity index (χ0) is 7.84. The summed E-state index contributed by atoms with van der Waals surface area (Å²) in [5.41, 5.74) is 1.36. The average Bonchev–Trinajstić information content (AvgIpc) is 2.27. The minimum atomic E-state index is -0.0223. The Morgan fingerprint density at radius 2 is 2.45 bits per heavy atom. The van der Waals surface area contributed by atoms with E-state index >= 15 is 0 Å². The summed E-state index contributed by atoms with van der Waals surface area (Å²) in [5.74, 6) is 0.456. The Kier molecular flexibility index (Phi) is 1.48. The van der Waals surface area contributed by atoms with Crippen LogP contribution in [0.2, 0.25) is 0 Å². The number of rotatable bonds is 0. The van der Waals surface area contributed by atoms with Crippen LogP contribution in [0.4, 0.5) is 0 Å². The highest BCUT2D eigenvalue weighted by Crippen LogP contribution is 2.33. The summed E-state index contributed by atoms with van der Waals surface area (Å²) in [6.45, 7) is 2.10. The molecule has 1 aliphatic carbocycles. The molecule has 0 aromatic carbocycles. The van der Waals surface area contributed by atoms with Gasteiger partial charge >= 0.3 is 5.97 Å². The van der Waals surface area contributed by atoms with Crippen LogP contribution >= 0.6 is 0 Å². The maximum atomic E-state index is 10.9. The largest absolute Gasteiger partial charge is 0.458 e. The zero-order valence-corrected chi connectivity index (χ0v) is 6.67. The Balaban J connectivity index is 2.17. The first-order valence-corrected chi connectivity index (χ1v) is 4.12. The van der Waals surface area contributed by atoms with Gasteiger partial charge < -0.3 is 4.74 Å². The molecule has 1 heterocycles. The van der Waals surface area contributed by atoms with E-state index in [4.69, 9.17) is 4.74 Å². The summed E-state index contributed by atoms with van der Waals surface area (Å²) < 4.78 is 5.12. The van der Waals surface area contributed by atoms with Gasteiger partial charge in [-0.2, -0.15) is 0 Å². The van der Waals surface area contributed by atoms with Crippen LogP contribution in [0.5, 0.6) is 0 Å². The summed E-state index contributed by atoms with van der Waals surface area (Å²) in [4.78, 5) is 10.9. The standard InChI is InChI=1S/C9H12O2/c1-6-2-3-7-5-9(10)11-8(7)4-6/h4,7-8H,2-3,5H2,1H3/t7?,8-/m1/s1. The highest BCUT2D eigenvalue weighted by molar-refractivity contribution is 5.72. The Morgan fingerprint density at radius 3 is 3.27 bits per heavy atom. The molecule has 2 aliphatic rings. The van der Waals surface area contributed by atoms with Gasteiger partial charge in [0, 0.05) is 5.92 Å². The Hall–Kier alpha value is -0.790. The van der Waals surface area contributed by atoms with Gasteiger partial charge in [0.2, 0.25) is 0 Å².